The summed E-state index contributed by atoms with van der Waals surface area (Å²) in [7, 11) is 0. The third-order valence-electron chi connectivity index (χ3n) is 7.05. The van der Waals surface area contributed by atoms with Gasteiger partial charge in [0.25, 0.3) is 0 Å². The SMILES string of the molecule is CCCCCCCCCCCCCCOC(=O)C1CCCCC1C(=O)OCC1CCCO1. The minimum Gasteiger partial charge on any atom is -0.465 e. The monoisotopic (exact) mass is 452 g/mol. The van der Waals surface area contributed by atoms with Crippen LogP contribution in [0.2, 0.25) is 0 Å². The van der Waals surface area contributed by atoms with Crippen molar-refractivity contribution in [3.05, 3.63) is 0 Å². The Balaban J connectivity index is 1.50. The van der Waals surface area contributed by atoms with Crippen LogP contribution in [0, 0.1) is 11.8 Å². The lowest BCUT2D eigenvalue weighted by Gasteiger charge is -2.28. The zero-order valence-electron chi connectivity index (χ0n) is 20.6. The number of carbonyl (C=O) groups excluding carboxylic acids is 2. The molecule has 0 amide bonds. The lowest BCUT2D eigenvalue weighted by atomic mass is 9.79. The Hall–Kier alpha value is -1.10. The Labute approximate surface area is 196 Å². The first kappa shape index (κ1) is 27.1. The van der Waals surface area contributed by atoms with Crippen LogP contribution in [0.3, 0.4) is 0 Å². The highest BCUT2D eigenvalue weighted by Gasteiger charge is 2.38. The second-order valence-corrected chi connectivity index (χ2v) is 9.82. The summed E-state index contributed by atoms with van der Waals surface area (Å²) in [5.41, 5.74) is 0. The standard InChI is InChI=1S/C27H48O5/c1-2-3-4-5-6-7-8-9-10-11-12-15-20-31-26(28)24-18-13-14-19-25(24)27(29)32-22-23-17-16-21-30-23/h23-25H,2-22H2,1H3. The molecule has 1 heterocycles. The molecule has 0 aromatic carbocycles. The van der Waals surface area contributed by atoms with Crippen molar-refractivity contribution >= 4 is 11.9 Å². The summed E-state index contributed by atoms with van der Waals surface area (Å²) in [6.07, 6.45) is 20.9. The summed E-state index contributed by atoms with van der Waals surface area (Å²) in [6, 6.07) is 0. The number of esters is 2. The Bertz CT molecular complexity index is 500. The highest BCUT2D eigenvalue weighted by molar-refractivity contribution is 5.82. The number of carbonyl (C=O) groups is 2. The molecule has 0 aromatic heterocycles. The predicted octanol–water partition coefficient (Wildman–Crippen LogP) is 6.76. The number of hydrogen-bond acceptors (Lipinski definition) is 5. The molecule has 0 bridgehead atoms. The topological polar surface area (TPSA) is 61.8 Å². The third-order valence-corrected chi connectivity index (χ3v) is 7.05. The zero-order chi connectivity index (χ0) is 22.9. The molecule has 3 unspecified atom stereocenters. The van der Waals surface area contributed by atoms with Crippen molar-refractivity contribution in [1.29, 1.82) is 0 Å². The fraction of sp³-hybridized carbons (Fsp3) is 0.926. The van der Waals surface area contributed by atoms with Crippen LogP contribution in [0.15, 0.2) is 0 Å². The average molecular weight is 453 g/mol. The molecule has 1 aliphatic carbocycles. The molecule has 1 saturated heterocycles. The number of unbranched alkanes of at least 4 members (excludes halogenated alkanes) is 11. The van der Waals surface area contributed by atoms with E-state index in [0.29, 0.717) is 13.2 Å². The predicted molar refractivity (Wildman–Crippen MR) is 127 cm³/mol. The van der Waals surface area contributed by atoms with Crippen molar-refractivity contribution in [2.45, 2.75) is 129 Å². The summed E-state index contributed by atoms with van der Waals surface area (Å²) < 4.78 is 16.6. The van der Waals surface area contributed by atoms with Gasteiger partial charge in [-0.3, -0.25) is 9.59 Å². The van der Waals surface area contributed by atoms with E-state index in [0.717, 1.165) is 58.0 Å². The van der Waals surface area contributed by atoms with Gasteiger partial charge in [0.05, 0.1) is 24.5 Å². The zero-order valence-corrected chi connectivity index (χ0v) is 20.6. The van der Waals surface area contributed by atoms with Gasteiger partial charge < -0.3 is 14.2 Å². The van der Waals surface area contributed by atoms with Crippen molar-refractivity contribution in [2.75, 3.05) is 19.8 Å². The molecule has 2 rings (SSSR count). The van der Waals surface area contributed by atoms with E-state index in [-0.39, 0.29) is 29.9 Å². The van der Waals surface area contributed by atoms with Crippen LogP contribution in [-0.4, -0.2) is 37.9 Å². The number of ether oxygens (including phenoxy) is 3. The molecule has 0 spiro atoms. The van der Waals surface area contributed by atoms with E-state index >= 15 is 0 Å². The van der Waals surface area contributed by atoms with E-state index in [2.05, 4.69) is 6.92 Å². The molecule has 0 radical (unpaired) electrons. The Morgan fingerprint density at radius 2 is 1.22 bits per heavy atom. The molecule has 1 aliphatic heterocycles. The average Bonchev–Trinajstić information content (AvgIpc) is 3.34. The minimum atomic E-state index is -0.348. The first-order chi connectivity index (χ1) is 15.7. The lowest BCUT2D eigenvalue weighted by molar-refractivity contribution is -0.164. The van der Waals surface area contributed by atoms with Crippen LogP contribution in [0.4, 0.5) is 0 Å². The van der Waals surface area contributed by atoms with Gasteiger partial charge in [0.2, 0.25) is 0 Å². The molecule has 2 aliphatic rings. The molecule has 0 N–H and O–H groups in total. The van der Waals surface area contributed by atoms with Gasteiger partial charge >= 0.3 is 11.9 Å². The van der Waals surface area contributed by atoms with E-state index in [9.17, 15) is 9.59 Å². The first-order valence-electron chi connectivity index (χ1n) is 13.7. The van der Waals surface area contributed by atoms with Gasteiger partial charge in [-0.2, -0.15) is 0 Å². The second-order valence-electron chi connectivity index (χ2n) is 9.82. The van der Waals surface area contributed by atoms with Crippen LogP contribution < -0.4 is 0 Å². The summed E-state index contributed by atoms with van der Waals surface area (Å²) in [6.45, 7) is 3.80. The summed E-state index contributed by atoms with van der Waals surface area (Å²) in [5, 5.41) is 0. The van der Waals surface area contributed by atoms with Crippen LogP contribution in [0.25, 0.3) is 0 Å². The normalized spacial score (nSPS) is 23.2. The van der Waals surface area contributed by atoms with Crippen molar-refractivity contribution in [1.82, 2.24) is 0 Å². The van der Waals surface area contributed by atoms with E-state index in [1.165, 1.54) is 64.2 Å². The maximum absolute atomic E-state index is 12.6. The maximum atomic E-state index is 12.6. The minimum absolute atomic E-state index is 0.0266. The molecule has 5 nitrogen and oxygen atoms in total. The highest BCUT2D eigenvalue weighted by Crippen LogP contribution is 2.32. The van der Waals surface area contributed by atoms with Crippen LogP contribution in [-0.2, 0) is 23.8 Å². The number of rotatable bonds is 17. The first-order valence-corrected chi connectivity index (χ1v) is 13.7. The highest BCUT2D eigenvalue weighted by atomic mass is 16.6. The van der Waals surface area contributed by atoms with Crippen molar-refractivity contribution < 1.29 is 23.8 Å². The van der Waals surface area contributed by atoms with Gasteiger partial charge in [-0.15, -0.1) is 0 Å². The summed E-state index contributed by atoms with van der Waals surface area (Å²) in [4.78, 5) is 25.2. The van der Waals surface area contributed by atoms with Gasteiger partial charge in [-0.1, -0.05) is 90.4 Å². The quantitative estimate of drug-likeness (QED) is 0.180. The van der Waals surface area contributed by atoms with Crippen molar-refractivity contribution in [2.24, 2.45) is 11.8 Å². The lowest BCUT2D eigenvalue weighted by Crippen LogP contribution is -2.36. The van der Waals surface area contributed by atoms with E-state index in [1.807, 2.05) is 0 Å². The van der Waals surface area contributed by atoms with E-state index < -0.39 is 0 Å². The van der Waals surface area contributed by atoms with Crippen molar-refractivity contribution in [3.8, 4) is 0 Å². The molecule has 32 heavy (non-hydrogen) atoms. The number of hydrogen-bond donors (Lipinski definition) is 0. The molecular formula is C27H48O5. The van der Waals surface area contributed by atoms with Gasteiger partial charge in [0, 0.05) is 6.61 Å². The summed E-state index contributed by atoms with van der Waals surface area (Å²) >= 11 is 0. The summed E-state index contributed by atoms with van der Waals surface area (Å²) in [5.74, 6) is -1.13. The Morgan fingerprint density at radius 1 is 0.688 bits per heavy atom. The second kappa shape index (κ2) is 17.4. The van der Waals surface area contributed by atoms with E-state index in [4.69, 9.17) is 14.2 Å². The fourth-order valence-corrected chi connectivity index (χ4v) is 4.98. The van der Waals surface area contributed by atoms with Crippen LogP contribution in [0.1, 0.15) is 122 Å². The smallest absolute Gasteiger partial charge is 0.309 e. The Kier molecular flexibility index (Phi) is 14.7. The molecule has 186 valence electrons. The molecular weight excluding hydrogens is 404 g/mol. The van der Waals surface area contributed by atoms with Crippen molar-refractivity contribution in [3.63, 3.8) is 0 Å². The molecule has 3 atom stereocenters. The van der Waals surface area contributed by atoms with Crippen LogP contribution in [0.5, 0.6) is 0 Å². The van der Waals surface area contributed by atoms with Gasteiger partial charge in [0.1, 0.15) is 6.61 Å². The van der Waals surface area contributed by atoms with Crippen LogP contribution >= 0.6 is 0 Å². The molecule has 5 heteroatoms. The Morgan fingerprint density at radius 3 is 1.75 bits per heavy atom. The van der Waals surface area contributed by atoms with Gasteiger partial charge in [0.15, 0.2) is 0 Å². The van der Waals surface area contributed by atoms with Gasteiger partial charge in [-0.25, -0.2) is 0 Å². The molecule has 2 fully saturated rings. The van der Waals surface area contributed by atoms with Gasteiger partial charge in [-0.05, 0) is 32.1 Å². The van der Waals surface area contributed by atoms with E-state index in [1.54, 1.807) is 0 Å². The fourth-order valence-electron chi connectivity index (χ4n) is 4.98. The molecule has 1 saturated carbocycles. The largest absolute Gasteiger partial charge is 0.465 e. The maximum Gasteiger partial charge on any atom is 0.309 e. The molecule has 0 aromatic rings. The third kappa shape index (κ3) is 11.2.